The first-order valence-corrected chi connectivity index (χ1v) is 6.94. The molecule has 1 unspecified atom stereocenters. The Labute approximate surface area is 121 Å². The maximum atomic E-state index is 6.26. The second kappa shape index (κ2) is 9.72. The average Bonchev–Trinajstić information content (AvgIpc) is 2.47. The predicted molar refractivity (Wildman–Crippen MR) is 77.8 cm³/mol. The van der Waals surface area contributed by atoms with Crippen molar-refractivity contribution in [2.24, 2.45) is 5.73 Å². The minimum absolute atomic E-state index is 0.395. The zero-order valence-electron chi connectivity index (χ0n) is 12.5. The van der Waals surface area contributed by atoms with Gasteiger partial charge in [-0.1, -0.05) is 18.2 Å². The van der Waals surface area contributed by atoms with Gasteiger partial charge in [0.15, 0.2) is 6.29 Å². The first-order valence-electron chi connectivity index (χ1n) is 6.94. The van der Waals surface area contributed by atoms with E-state index in [0.717, 1.165) is 11.3 Å². The lowest BCUT2D eigenvalue weighted by Gasteiger charge is -2.25. The number of nitrogens with two attached hydrogens (primary N) is 1. The third-order valence-electron chi connectivity index (χ3n) is 2.78. The largest absolute Gasteiger partial charge is 0.491 e. The molecule has 0 heterocycles. The number of benzene rings is 1. The van der Waals surface area contributed by atoms with Gasteiger partial charge in [-0.25, -0.2) is 0 Å². The minimum atomic E-state index is -0.475. The summed E-state index contributed by atoms with van der Waals surface area (Å²) in [5.41, 5.74) is 7.13. The van der Waals surface area contributed by atoms with Gasteiger partial charge in [0.05, 0.1) is 12.6 Å². The van der Waals surface area contributed by atoms with Crippen LogP contribution in [0.4, 0.5) is 0 Å². The Hall–Kier alpha value is -1.14. The Bertz CT molecular complexity index is 367. The summed E-state index contributed by atoms with van der Waals surface area (Å²) in [6, 6.07) is 7.26. The number of methoxy groups -OCH3 is 1. The fourth-order valence-electron chi connectivity index (χ4n) is 1.85. The summed E-state index contributed by atoms with van der Waals surface area (Å²) in [5.74, 6) is 0.737. The van der Waals surface area contributed by atoms with Crippen LogP contribution in [0.15, 0.2) is 24.3 Å². The van der Waals surface area contributed by atoms with Crippen molar-refractivity contribution in [2.45, 2.75) is 26.2 Å². The van der Waals surface area contributed by atoms with Gasteiger partial charge in [0.2, 0.25) is 0 Å². The first kappa shape index (κ1) is 16.9. The fraction of sp³-hybridized carbons (Fsp3) is 0.600. The molecular formula is C15H25NO4. The number of hydrogen-bond donors (Lipinski definition) is 1. The number of rotatable bonds is 10. The summed E-state index contributed by atoms with van der Waals surface area (Å²) >= 11 is 0. The Balaban J connectivity index is 2.81. The monoisotopic (exact) mass is 283 g/mol. The third kappa shape index (κ3) is 5.09. The Morgan fingerprint density at radius 1 is 1.05 bits per heavy atom. The SMILES string of the molecule is CCOC(OCC)C(N)c1ccccc1OCCOC. The van der Waals surface area contributed by atoms with Crippen LogP contribution in [0.25, 0.3) is 0 Å². The normalized spacial score (nSPS) is 12.7. The molecule has 0 aliphatic heterocycles. The summed E-state index contributed by atoms with van der Waals surface area (Å²) < 4.78 is 21.8. The lowest BCUT2D eigenvalue weighted by atomic mass is 10.1. The highest BCUT2D eigenvalue weighted by Crippen LogP contribution is 2.27. The van der Waals surface area contributed by atoms with Gasteiger partial charge in [0.25, 0.3) is 0 Å². The summed E-state index contributed by atoms with van der Waals surface area (Å²) in [7, 11) is 1.64. The molecule has 0 spiro atoms. The standard InChI is InChI=1S/C15H25NO4/c1-4-18-15(19-5-2)14(16)12-8-6-7-9-13(12)20-11-10-17-3/h6-9,14-15H,4-5,10-11,16H2,1-3H3. The molecular weight excluding hydrogens is 258 g/mol. The maximum absolute atomic E-state index is 6.26. The molecule has 20 heavy (non-hydrogen) atoms. The van der Waals surface area contributed by atoms with Gasteiger partial charge >= 0.3 is 0 Å². The quantitative estimate of drug-likeness (QED) is 0.526. The van der Waals surface area contributed by atoms with E-state index in [0.29, 0.717) is 26.4 Å². The second-order valence-electron chi connectivity index (χ2n) is 4.18. The molecule has 0 saturated carbocycles. The molecule has 0 saturated heterocycles. The van der Waals surface area contributed by atoms with Crippen LogP contribution in [-0.4, -0.2) is 39.8 Å². The fourth-order valence-corrected chi connectivity index (χ4v) is 1.85. The number of ether oxygens (including phenoxy) is 4. The van der Waals surface area contributed by atoms with E-state index in [4.69, 9.17) is 24.7 Å². The van der Waals surface area contributed by atoms with Crippen LogP contribution in [-0.2, 0) is 14.2 Å². The molecule has 2 N–H and O–H groups in total. The van der Waals surface area contributed by atoms with E-state index in [9.17, 15) is 0 Å². The van der Waals surface area contributed by atoms with Crippen LogP contribution in [0.2, 0.25) is 0 Å². The smallest absolute Gasteiger partial charge is 0.176 e. The molecule has 1 rings (SSSR count). The molecule has 114 valence electrons. The Morgan fingerprint density at radius 3 is 2.30 bits per heavy atom. The van der Waals surface area contributed by atoms with E-state index in [1.54, 1.807) is 7.11 Å². The van der Waals surface area contributed by atoms with Gasteiger partial charge in [0.1, 0.15) is 12.4 Å². The summed E-state index contributed by atoms with van der Waals surface area (Å²) in [6.45, 7) is 5.94. The van der Waals surface area contributed by atoms with Crippen LogP contribution >= 0.6 is 0 Å². The van der Waals surface area contributed by atoms with Crippen LogP contribution < -0.4 is 10.5 Å². The van der Waals surface area contributed by atoms with Crippen LogP contribution in [0.3, 0.4) is 0 Å². The van der Waals surface area contributed by atoms with Crippen molar-refractivity contribution in [3.05, 3.63) is 29.8 Å². The highest BCUT2D eigenvalue weighted by molar-refractivity contribution is 5.36. The zero-order chi connectivity index (χ0) is 14.8. The van der Waals surface area contributed by atoms with Crippen molar-refractivity contribution < 1.29 is 18.9 Å². The third-order valence-corrected chi connectivity index (χ3v) is 2.78. The van der Waals surface area contributed by atoms with Gasteiger partial charge in [-0.3, -0.25) is 0 Å². The van der Waals surface area contributed by atoms with E-state index in [1.165, 1.54) is 0 Å². The van der Waals surface area contributed by atoms with Crippen molar-refractivity contribution in [1.29, 1.82) is 0 Å². The summed E-state index contributed by atoms with van der Waals surface area (Å²) in [4.78, 5) is 0. The molecule has 0 aliphatic rings. The zero-order valence-corrected chi connectivity index (χ0v) is 12.5. The van der Waals surface area contributed by atoms with E-state index in [-0.39, 0.29) is 0 Å². The Kier molecular flexibility index (Phi) is 8.22. The highest BCUT2D eigenvalue weighted by Gasteiger charge is 2.23. The van der Waals surface area contributed by atoms with Crippen molar-refractivity contribution in [2.75, 3.05) is 33.5 Å². The molecule has 0 bridgehead atoms. The molecule has 0 radical (unpaired) electrons. The Morgan fingerprint density at radius 2 is 1.70 bits per heavy atom. The topological polar surface area (TPSA) is 62.9 Å². The van der Waals surface area contributed by atoms with Gasteiger partial charge in [0, 0.05) is 25.9 Å². The first-order chi connectivity index (χ1) is 9.74. The highest BCUT2D eigenvalue weighted by atomic mass is 16.7. The van der Waals surface area contributed by atoms with E-state index < -0.39 is 12.3 Å². The van der Waals surface area contributed by atoms with Gasteiger partial charge in [-0.2, -0.15) is 0 Å². The van der Waals surface area contributed by atoms with Crippen molar-refractivity contribution >= 4 is 0 Å². The average molecular weight is 283 g/mol. The molecule has 0 aromatic heterocycles. The minimum Gasteiger partial charge on any atom is -0.491 e. The molecule has 5 heteroatoms. The van der Waals surface area contributed by atoms with Crippen LogP contribution in [0, 0.1) is 0 Å². The molecule has 0 amide bonds. The van der Waals surface area contributed by atoms with Crippen molar-refractivity contribution in [3.8, 4) is 5.75 Å². The van der Waals surface area contributed by atoms with E-state index >= 15 is 0 Å². The van der Waals surface area contributed by atoms with E-state index in [1.807, 2.05) is 38.1 Å². The summed E-state index contributed by atoms with van der Waals surface area (Å²) in [5, 5.41) is 0. The van der Waals surface area contributed by atoms with Crippen molar-refractivity contribution in [1.82, 2.24) is 0 Å². The van der Waals surface area contributed by atoms with Gasteiger partial charge < -0.3 is 24.7 Å². The molecule has 5 nitrogen and oxygen atoms in total. The molecule has 1 aromatic carbocycles. The molecule has 0 aliphatic carbocycles. The maximum Gasteiger partial charge on any atom is 0.176 e. The van der Waals surface area contributed by atoms with Crippen LogP contribution in [0.5, 0.6) is 5.75 Å². The van der Waals surface area contributed by atoms with E-state index in [2.05, 4.69) is 0 Å². The second-order valence-corrected chi connectivity index (χ2v) is 4.18. The number of para-hydroxylation sites is 1. The molecule has 1 aromatic rings. The van der Waals surface area contributed by atoms with Gasteiger partial charge in [-0.15, -0.1) is 0 Å². The number of hydrogen-bond acceptors (Lipinski definition) is 5. The lowest BCUT2D eigenvalue weighted by molar-refractivity contribution is -0.149. The molecule has 0 fully saturated rings. The predicted octanol–water partition coefficient (Wildman–Crippen LogP) is 2.11. The summed E-state index contributed by atoms with van der Waals surface area (Å²) in [6.07, 6.45) is -0.475. The van der Waals surface area contributed by atoms with Crippen molar-refractivity contribution in [3.63, 3.8) is 0 Å². The van der Waals surface area contributed by atoms with Crippen LogP contribution in [0.1, 0.15) is 25.5 Å². The molecule has 1 atom stereocenters. The van der Waals surface area contributed by atoms with Gasteiger partial charge in [-0.05, 0) is 19.9 Å². The lowest BCUT2D eigenvalue weighted by Crippen LogP contribution is -2.32.